The van der Waals surface area contributed by atoms with Crippen molar-refractivity contribution >= 4 is 31.9 Å². The topological polar surface area (TPSA) is 92.7 Å². The number of rotatable bonds is 3. The highest BCUT2D eigenvalue weighted by atomic mass is 32.2. The summed E-state index contributed by atoms with van der Waals surface area (Å²) >= 11 is 0. The first kappa shape index (κ1) is 15.7. The van der Waals surface area contributed by atoms with Crippen LogP contribution < -0.4 is 5.32 Å². The van der Waals surface area contributed by atoms with Gasteiger partial charge >= 0.3 is 0 Å². The van der Waals surface area contributed by atoms with Gasteiger partial charge in [-0.3, -0.25) is 0 Å². The molecule has 0 spiro atoms. The molecule has 0 atom stereocenters. The van der Waals surface area contributed by atoms with Crippen LogP contribution in [0.5, 0.6) is 0 Å². The molecule has 1 heterocycles. The molecule has 0 aromatic heterocycles. The number of hydrogen-bond donors (Lipinski definition) is 1. The van der Waals surface area contributed by atoms with Gasteiger partial charge in [-0.1, -0.05) is 29.8 Å². The predicted octanol–water partition coefficient (Wildman–Crippen LogP) is 2.11. The van der Waals surface area contributed by atoms with Crippen LogP contribution in [-0.4, -0.2) is 23.2 Å². The minimum atomic E-state index is -3.86. The summed E-state index contributed by atoms with van der Waals surface area (Å²) in [5.74, 6) is -0.190. The average molecular weight is 350 g/mol. The van der Waals surface area contributed by atoms with Crippen LogP contribution in [0.4, 0.5) is 5.69 Å². The summed E-state index contributed by atoms with van der Waals surface area (Å²) in [6, 6.07) is 11.2. The first-order valence-corrected chi connectivity index (χ1v) is 9.85. The molecular weight excluding hydrogens is 336 g/mol. The van der Waals surface area contributed by atoms with Gasteiger partial charge in [0, 0.05) is 0 Å². The van der Waals surface area contributed by atoms with E-state index in [-0.39, 0.29) is 15.5 Å². The van der Waals surface area contributed by atoms with Crippen LogP contribution in [0.1, 0.15) is 11.1 Å². The first-order chi connectivity index (χ1) is 10.8. The second-order valence-corrected chi connectivity index (χ2v) is 8.85. The van der Waals surface area contributed by atoms with E-state index in [9.17, 15) is 16.8 Å². The van der Waals surface area contributed by atoms with Crippen LogP contribution in [-0.2, 0) is 25.6 Å². The molecular formula is C15H14N2O4S2. The van der Waals surface area contributed by atoms with Crippen molar-refractivity contribution in [2.45, 2.75) is 22.5 Å². The number of hydrogen-bond acceptors (Lipinski definition) is 5. The smallest absolute Gasteiger partial charge is 0.285 e. The van der Waals surface area contributed by atoms with E-state index in [4.69, 9.17) is 0 Å². The maximum absolute atomic E-state index is 12.6. The Kier molecular flexibility index (Phi) is 3.73. The van der Waals surface area contributed by atoms with Crippen molar-refractivity contribution in [2.75, 3.05) is 5.32 Å². The molecule has 0 fully saturated rings. The molecule has 2 aromatic rings. The summed E-state index contributed by atoms with van der Waals surface area (Å²) < 4.78 is 52.3. The second kappa shape index (κ2) is 5.47. The van der Waals surface area contributed by atoms with Crippen molar-refractivity contribution in [3.8, 4) is 0 Å². The Balaban J connectivity index is 2.02. The lowest BCUT2D eigenvalue weighted by atomic mass is 10.2. The second-order valence-electron chi connectivity index (χ2n) is 5.26. The normalized spacial score (nSPS) is 15.7. The van der Waals surface area contributed by atoms with E-state index >= 15 is 0 Å². The minimum Gasteiger partial charge on any atom is -0.345 e. The van der Waals surface area contributed by atoms with E-state index in [2.05, 4.69) is 9.71 Å². The average Bonchev–Trinajstić information content (AvgIpc) is 2.46. The van der Waals surface area contributed by atoms with Crippen molar-refractivity contribution in [3.05, 3.63) is 53.6 Å². The Morgan fingerprint density at radius 1 is 1.13 bits per heavy atom. The Labute approximate surface area is 134 Å². The van der Waals surface area contributed by atoms with Crippen LogP contribution in [0.25, 0.3) is 0 Å². The lowest BCUT2D eigenvalue weighted by molar-refractivity contribution is 0.594. The summed E-state index contributed by atoms with van der Waals surface area (Å²) in [5, 5.41) is 2.69. The Bertz CT molecular complexity index is 1010. The molecule has 1 aliphatic rings. The molecule has 0 bridgehead atoms. The van der Waals surface area contributed by atoms with Gasteiger partial charge in [0.25, 0.3) is 10.0 Å². The van der Waals surface area contributed by atoms with Gasteiger partial charge < -0.3 is 5.32 Å². The lowest BCUT2D eigenvalue weighted by Crippen LogP contribution is -2.13. The highest BCUT2D eigenvalue weighted by molar-refractivity contribution is 7.91. The van der Waals surface area contributed by atoms with Crippen LogP contribution in [0.15, 0.2) is 56.7 Å². The number of sulfonamides is 1. The SMILES string of the molecule is Cc1cccc(CS(=O)(=O)c2ccc3c(c2)S(=O)(=O)N=CN3)c1. The molecule has 1 aliphatic heterocycles. The molecule has 23 heavy (non-hydrogen) atoms. The largest absolute Gasteiger partial charge is 0.345 e. The summed E-state index contributed by atoms with van der Waals surface area (Å²) in [6.45, 7) is 1.88. The monoisotopic (exact) mass is 350 g/mol. The van der Waals surface area contributed by atoms with Gasteiger partial charge in [-0.25, -0.2) is 8.42 Å². The highest BCUT2D eigenvalue weighted by Gasteiger charge is 2.24. The zero-order chi connectivity index (χ0) is 16.7. The quantitative estimate of drug-likeness (QED) is 0.915. The highest BCUT2D eigenvalue weighted by Crippen LogP contribution is 2.29. The van der Waals surface area contributed by atoms with Gasteiger partial charge in [-0.15, -0.1) is 4.40 Å². The fourth-order valence-electron chi connectivity index (χ4n) is 2.36. The van der Waals surface area contributed by atoms with E-state index < -0.39 is 19.9 Å². The fraction of sp³-hybridized carbons (Fsp3) is 0.133. The Morgan fingerprint density at radius 3 is 2.65 bits per heavy atom. The van der Waals surface area contributed by atoms with Crippen molar-refractivity contribution in [1.29, 1.82) is 0 Å². The van der Waals surface area contributed by atoms with Gasteiger partial charge in [0.2, 0.25) is 0 Å². The third kappa shape index (κ3) is 3.13. The molecule has 3 rings (SSSR count). The number of nitrogens with one attached hydrogen (secondary N) is 1. The van der Waals surface area contributed by atoms with Gasteiger partial charge in [-0.2, -0.15) is 8.42 Å². The maximum Gasteiger partial charge on any atom is 0.285 e. The van der Waals surface area contributed by atoms with E-state index in [1.54, 1.807) is 18.2 Å². The standard InChI is InChI=1S/C15H14N2O4S2/c1-11-3-2-4-12(7-11)9-22(18,19)13-5-6-14-15(8-13)23(20,21)17-10-16-14/h2-8,10H,9H2,1H3,(H,16,17). The summed E-state index contributed by atoms with van der Waals surface area (Å²) in [6.07, 6.45) is 1.07. The Morgan fingerprint density at radius 2 is 1.91 bits per heavy atom. The number of nitrogens with zero attached hydrogens (tertiary/aromatic N) is 1. The predicted molar refractivity (Wildman–Crippen MR) is 87.8 cm³/mol. The van der Waals surface area contributed by atoms with Crippen molar-refractivity contribution in [3.63, 3.8) is 0 Å². The van der Waals surface area contributed by atoms with Crippen LogP contribution in [0.3, 0.4) is 0 Å². The molecule has 2 aromatic carbocycles. The zero-order valence-electron chi connectivity index (χ0n) is 12.2. The molecule has 0 radical (unpaired) electrons. The van der Waals surface area contributed by atoms with Crippen LogP contribution in [0.2, 0.25) is 0 Å². The third-order valence-electron chi connectivity index (χ3n) is 3.44. The molecule has 1 N–H and O–H groups in total. The van der Waals surface area contributed by atoms with E-state index in [1.807, 2.05) is 13.0 Å². The summed E-state index contributed by atoms with van der Waals surface area (Å²) in [4.78, 5) is -0.175. The zero-order valence-corrected chi connectivity index (χ0v) is 13.9. The minimum absolute atomic E-state index is 0.0415. The number of anilines is 1. The van der Waals surface area contributed by atoms with Crippen molar-refractivity contribution < 1.29 is 16.8 Å². The maximum atomic E-state index is 12.6. The van der Waals surface area contributed by atoms with Gasteiger partial charge in [0.15, 0.2) is 9.84 Å². The first-order valence-electron chi connectivity index (χ1n) is 6.76. The lowest BCUT2D eigenvalue weighted by Gasteiger charge is -2.13. The summed E-state index contributed by atoms with van der Waals surface area (Å²) in [7, 11) is -7.52. The van der Waals surface area contributed by atoms with Gasteiger partial charge in [0.05, 0.1) is 16.3 Å². The van der Waals surface area contributed by atoms with E-state index in [0.717, 1.165) is 18.0 Å². The number of fused-ring (bicyclic) bond motifs is 1. The molecule has 120 valence electrons. The molecule has 0 aliphatic carbocycles. The van der Waals surface area contributed by atoms with Crippen molar-refractivity contribution in [2.24, 2.45) is 4.40 Å². The van der Waals surface area contributed by atoms with Gasteiger partial charge in [-0.05, 0) is 30.7 Å². The molecule has 6 nitrogen and oxygen atoms in total. The number of aryl methyl sites for hydroxylation is 1. The molecule has 0 amide bonds. The van der Waals surface area contributed by atoms with Gasteiger partial charge in [0.1, 0.15) is 11.2 Å². The third-order valence-corrected chi connectivity index (χ3v) is 6.40. The van der Waals surface area contributed by atoms with Crippen LogP contribution >= 0.6 is 0 Å². The molecule has 0 unspecified atom stereocenters. The molecule has 0 saturated carbocycles. The number of benzene rings is 2. The molecule has 8 heteroatoms. The van der Waals surface area contributed by atoms with Crippen molar-refractivity contribution in [1.82, 2.24) is 0 Å². The summed E-state index contributed by atoms with van der Waals surface area (Å²) in [5.41, 5.74) is 1.93. The van der Waals surface area contributed by atoms with E-state index in [1.165, 1.54) is 12.1 Å². The molecule has 0 saturated heterocycles. The Hall–Kier alpha value is -2.19. The fourth-order valence-corrected chi connectivity index (χ4v) is 4.77. The van der Waals surface area contributed by atoms with E-state index in [0.29, 0.717) is 11.3 Å². The number of sulfone groups is 1. The van der Waals surface area contributed by atoms with Crippen LogP contribution in [0, 0.1) is 6.92 Å².